The van der Waals surface area contributed by atoms with Gasteiger partial charge < -0.3 is 9.84 Å². The van der Waals surface area contributed by atoms with E-state index in [2.05, 4.69) is 0 Å². The van der Waals surface area contributed by atoms with Gasteiger partial charge in [0.1, 0.15) is 17.5 Å². The molecule has 0 amide bonds. The van der Waals surface area contributed by atoms with Gasteiger partial charge in [-0.15, -0.1) is 0 Å². The Hall–Kier alpha value is -1.11. The third-order valence-corrected chi connectivity index (χ3v) is 2.90. The maximum atomic E-state index is 11.7. The first-order valence-corrected chi connectivity index (χ1v) is 6.20. The summed E-state index contributed by atoms with van der Waals surface area (Å²) >= 11 is 2.05. The zero-order valence-electron chi connectivity index (χ0n) is 9.57. The second kappa shape index (κ2) is 6.00. The number of esters is 1. The number of phenols is 1. The Labute approximate surface area is 113 Å². The van der Waals surface area contributed by atoms with E-state index in [1.807, 2.05) is 22.6 Å². The molecule has 0 aliphatic rings. The average molecular weight is 348 g/mol. The van der Waals surface area contributed by atoms with Gasteiger partial charge in [0.15, 0.2) is 0 Å². The van der Waals surface area contributed by atoms with Gasteiger partial charge in [-0.1, -0.05) is 0 Å². The van der Waals surface area contributed by atoms with Gasteiger partial charge in [0.2, 0.25) is 0 Å². The Morgan fingerprint density at radius 2 is 2.12 bits per heavy atom. The van der Waals surface area contributed by atoms with Crippen LogP contribution in [0.3, 0.4) is 0 Å². The Morgan fingerprint density at radius 1 is 1.47 bits per heavy atom. The summed E-state index contributed by atoms with van der Waals surface area (Å²) in [7, 11) is 0. The fourth-order valence-corrected chi connectivity index (χ4v) is 2.01. The summed E-state index contributed by atoms with van der Waals surface area (Å²) in [6.45, 7) is 3.18. The molecule has 4 nitrogen and oxygen atoms in total. The number of hydrogen-bond donors (Lipinski definition) is 1. The first kappa shape index (κ1) is 14.0. The summed E-state index contributed by atoms with van der Waals surface area (Å²) in [6.07, 6.45) is 0. The van der Waals surface area contributed by atoms with Gasteiger partial charge in [-0.3, -0.25) is 9.59 Å². The van der Waals surface area contributed by atoms with Crippen molar-refractivity contribution in [2.24, 2.45) is 0 Å². The van der Waals surface area contributed by atoms with Crippen LogP contribution in [0.1, 0.15) is 25.3 Å². The fraction of sp³-hybridized carbons (Fsp3) is 0.333. The molecular formula is C12H13IO4. The van der Waals surface area contributed by atoms with Crippen molar-refractivity contribution in [3.05, 3.63) is 27.3 Å². The van der Waals surface area contributed by atoms with E-state index in [4.69, 9.17) is 4.74 Å². The van der Waals surface area contributed by atoms with E-state index in [0.29, 0.717) is 5.56 Å². The summed E-state index contributed by atoms with van der Waals surface area (Å²) in [5, 5.41) is 9.71. The number of aromatic hydroxyl groups is 1. The van der Waals surface area contributed by atoms with Crippen LogP contribution in [-0.2, 0) is 14.3 Å². The van der Waals surface area contributed by atoms with Crippen molar-refractivity contribution in [3.63, 3.8) is 0 Å². The van der Waals surface area contributed by atoms with Crippen molar-refractivity contribution in [1.29, 1.82) is 0 Å². The van der Waals surface area contributed by atoms with Gasteiger partial charge in [0, 0.05) is 9.13 Å². The van der Waals surface area contributed by atoms with Gasteiger partial charge in [-0.05, 0) is 54.6 Å². The zero-order chi connectivity index (χ0) is 13.0. The number of carbonyl (C=O) groups is 2. The lowest BCUT2D eigenvalue weighted by Crippen LogP contribution is -2.22. The van der Waals surface area contributed by atoms with E-state index < -0.39 is 11.9 Å². The molecule has 0 saturated carbocycles. The molecule has 0 heterocycles. The molecule has 0 radical (unpaired) electrons. The summed E-state index contributed by atoms with van der Waals surface area (Å²) in [5.41, 5.74) is 0.294. The van der Waals surface area contributed by atoms with Crippen molar-refractivity contribution in [3.8, 4) is 5.75 Å². The maximum Gasteiger partial charge on any atom is 0.321 e. The molecule has 0 spiro atoms. The minimum absolute atomic E-state index is 0.0707. The molecule has 1 rings (SSSR count). The van der Waals surface area contributed by atoms with E-state index in [1.165, 1.54) is 13.0 Å². The van der Waals surface area contributed by atoms with E-state index in [1.54, 1.807) is 19.1 Å². The lowest BCUT2D eigenvalue weighted by molar-refractivity contribution is -0.147. The lowest BCUT2D eigenvalue weighted by atomic mass is 9.95. The lowest BCUT2D eigenvalue weighted by Gasteiger charge is -2.14. The second-order valence-electron chi connectivity index (χ2n) is 3.50. The van der Waals surface area contributed by atoms with Crippen LogP contribution in [0.25, 0.3) is 0 Å². The number of hydrogen-bond acceptors (Lipinski definition) is 4. The SMILES string of the molecule is CCOC(=O)C(C(C)=O)c1cc(I)ccc1O. The highest BCUT2D eigenvalue weighted by Crippen LogP contribution is 2.29. The third-order valence-electron chi connectivity index (χ3n) is 2.23. The van der Waals surface area contributed by atoms with Crippen LogP contribution < -0.4 is 0 Å². The fourth-order valence-electron chi connectivity index (χ4n) is 1.49. The molecule has 0 aromatic heterocycles. The van der Waals surface area contributed by atoms with Gasteiger partial charge in [0.25, 0.3) is 0 Å². The van der Waals surface area contributed by atoms with Crippen molar-refractivity contribution in [1.82, 2.24) is 0 Å². The van der Waals surface area contributed by atoms with Gasteiger partial charge in [-0.25, -0.2) is 0 Å². The number of ether oxygens (including phenoxy) is 1. The van der Waals surface area contributed by atoms with Crippen LogP contribution in [0.4, 0.5) is 0 Å². The minimum atomic E-state index is -1.05. The van der Waals surface area contributed by atoms with Crippen LogP contribution in [0.5, 0.6) is 5.75 Å². The molecule has 0 bridgehead atoms. The summed E-state index contributed by atoms with van der Waals surface area (Å²) in [6, 6.07) is 4.77. The third kappa shape index (κ3) is 3.42. The molecule has 0 aliphatic heterocycles. The molecule has 1 unspecified atom stereocenters. The normalized spacial score (nSPS) is 11.9. The van der Waals surface area contributed by atoms with Crippen LogP contribution in [-0.4, -0.2) is 23.5 Å². The molecule has 92 valence electrons. The van der Waals surface area contributed by atoms with Crippen molar-refractivity contribution < 1.29 is 19.4 Å². The summed E-state index contributed by atoms with van der Waals surface area (Å²) < 4.78 is 5.68. The molecule has 1 aromatic rings. The molecule has 0 fully saturated rings. The standard InChI is InChI=1S/C12H13IO4/c1-3-17-12(16)11(7(2)14)9-6-8(13)4-5-10(9)15/h4-6,11,15H,3H2,1-2H3. The number of benzene rings is 1. The molecule has 0 saturated heterocycles. The molecule has 0 aliphatic carbocycles. The van der Waals surface area contributed by atoms with Crippen molar-refractivity contribution in [2.75, 3.05) is 6.61 Å². The van der Waals surface area contributed by atoms with E-state index in [-0.39, 0.29) is 18.1 Å². The first-order chi connectivity index (χ1) is 7.97. The highest BCUT2D eigenvalue weighted by Gasteiger charge is 2.29. The maximum absolute atomic E-state index is 11.7. The van der Waals surface area contributed by atoms with Crippen LogP contribution in [0.2, 0.25) is 0 Å². The second-order valence-corrected chi connectivity index (χ2v) is 4.74. The van der Waals surface area contributed by atoms with Crippen LogP contribution in [0.15, 0.2) is 18.2 Å². The van der Waals surface area contributed by atoms with Gasteiger partial charge in [-0.2, -0.15) is 0 Å². The Morgan fingerprint density at radius 3 is 2.65 bits per heavy atom. The molecular weight excluding hydrogens is 335 g/mol. The topological polar surface area (TPSA) is 63.6 Å². The predicted octanol–water partition coefficient (Wildman–Crippen LogP) is 2.23. The first-order valence-electron chi connectivity index (χ1n) is 5.12. The monoisotopic (exact) mass is 348 g/mol. The average Bonchev–Trinajstić information content (AvgIpc) is 2.23. The largest absolute Gasteiger partial charge is 0.508 e. The molecule has 1 N–H and O–H groups in total. The molecule has 17 heavy (non-hydrogen) atoms. The summed E-state index contributed by atoms with van der Waals surface area (Å²) in [5.74, 6) is -2.10. The minimum Gasteiger partial charge on any atom is -0.508 e. The number of carbonyl (C=O) groups excluding carboxylic acids is 2. The number of rotatable bonds is 4. The van der Waals surface area contributed by atoms with Crippen molar-refractivity contribution >= 4 is 34.3 Å². The Balaban J connectivity index is 3.18. The quantitative estimate of drug-likeness (QED) is 0.515. The predicted molar refractivity (Wildman–Crippen MR) is 70.9 cm³/mol. The number of halogens is 1. The zero-order valence-corrected chi connectivity index (χ0v) is 11.7. The van der Waals surface area contributed by atoms with Gasteiger partial charge >= 0.3 is 5.97 Å². The smallest absolute Gasteiger partial charge is 0.321 e. The number of phenolic OH excluding ortho intramolecular Hbond substituents is 1. The molecule has 1 aromatic carbocycles. The number of ketones is 1. The van der Waals surface area contributed by atoms with Gasteiger partial charge in [0.05, 0.1) is 6.61 Å². The Bertz CT molecular complexity index is 442. The van der Waals surface area contributed by atoms with E-state index in [0.717, 1.165) is 3.57 Å². The Kier molecular flexibility index (Phi) is 4.92. The van der Waals surface area contributed by atoms with E-state index >= 15 is 0 Å². The molecule has 5 heteroatoms. The van der Waals surface area contributed by atoms with E-state index in [9.17, 15) is 14.7 Å². The van der Waals surface area contributed by atoms with Crippen molar-refractivity contribution in [2.45, 2.75) is 19.8 Å². The number of Topliss-reactive ketones (excluding diaryl/α,β-unsaturated/α-hetero) is 1. The summed E-state index contributed by atoms with van der Waals surface area (Å²) in [4.78, 5) is 23.2. The van der Waals surface area contributed by atoms with Crippen LogP contribution >= 0.6 is 22.6 Å². The highest BCUT2D eigenvalue weighted by molar-refractivity contribution is 14.1. The highest BCUT2D eigenvalue weighted by atomic mass is 127. The molecule has 1 atom stereocenters. The van der Waals surface area contributed by atoms with Crippen LogP contribution in [0, 0.1) is 3.57 Å².